The average molecular weight is 422 g/mol. The lowest BCUT2D eigenvalue weighted by Gasteiger charge is -2.31. The third kappa shape index (κ3) is 5.43. The zero-order chi connectivity index (χ0) is 21.5. The molecule has 0 spiro atoms. The van der Waals surface area contributed by atoms with Gasteiger partial charge in [0.1, 0.15) is 18.2 Å². The number of carbonyl (C=O) groups excluding carboxylic acids is 2. The minimum absolute atomic E-state index is 0.181. The molecule has 0 radical (unpaired) electrons. The summed E-state index contributed by atoms with van der Waals surface area (Å²) in [5, 5.41) is 10.6. The standard InChI is InChI=1S/C21H22N6O4/c28-19(23-13-16-5-2-1-3-6-16)8-9-20(29)26-11-12-30-17(14-26)15-31-27-21-18(24-25-27)7-4-10-22-21/h1-10,17H,11-15H2,(H,23,28)/b9-8+. The minimum atomic E-state index is -0.332. The quantitative estimate of drug-likeness (QED) is 0.547. The Kier molecular flexibility index (Phi) is 6.48. The predicted octanol–water partition coefficient (Wildman–Crippen LogP) is 0.355. The van der Waals surface area contributed by atoms with Gasteiger partial charge < -0.3 is 19.8 Å². The van der Waals surface area contributed by atoms with E-state index < -0.39 is 0 Å². The first-order valence-electron chi connectivity index (χ1n) is 9.89. The maximum Gasteiger partial charge on any atom is 0.246 e. The van der Waals surface area contributed by atoms with Gasteiger partial charge in [-0.05, 0) is 22.9 Å². The Morgan fingerprint density at radius 1 is 1.19 bits per heavy atom. The molecule has 1 unspecified atom stereocenters. The maximum atomic E-state index is 12.5. The number of amides is 2. The Bertz CT molecular complexity index is 1070. The summed E-state index contributed by atoms with van der Waals surface area (Å²) >= 11 is 0. The fraction of sp³-hybridized carbons (Fsp3) is 0.286. The number of nitrogens with one attached hydrogen (secondary N) is 1. The van der Waals surface area contributed by atoms with Gasteiger partial charge in [0, 0.05) is 31.4 Å². The normalized spacial score (nSPS) is 16.5. The summed E-state index contributed by atoms with van der Waals surface area (Å²) in [5.41, 5.74) is 2.12. The third-order valence-electron chi connectivity index (χ3n) is 4.70. The van der Waals surface area contributed by atoms with Crippen molar-refractivity contribution in [2.75, 3.05) is 26.3 Å². The first-order valence-corrected chi connectivity index (χ1v) is 9.89. The smallest absolute Gasteiger partial charge is 0.246 e. The first kappa shape index (κ1) is 20.5. The van der Waals surface area contributed by atoms with Crippen molar-refractivity contribution in [2.24, 2.45) is 0 Å². The van der Waals surface area contributed by atoms with E-state index in [0.29, 0.717) is 37.4 Å². The van der Waals surface area contributed by atoms with Crippen molar-refractivity contribution in [3.8, 4) is 0 Å². The van der Waals surface area contributed by atoms with Crippen LogP contribution in [-0.4, -0.2) is 69.3 Å². The lowest BCUT2D eigenvalue weighted by atomic mass is 10.2. The van der Waals surface area contributed by atoms with Gasteiger partial charge in [-0.1, -0.05) is 35.2 Å². The second kappa shape index (κ2) is 9.81. The Hall–Kier alpha value is -3.79. The van der Waals surface area contributed by atoms with Crippen LogP contribution in [0.25, 0.3) is 11.2 Å². The van der Waals surface area contributed by atoms with Gasteiger partial charge in [0.2, 0.25) is 17.5 Å². The summed E-state index contributed by atoms with van der Waals surface area (Å²) in [6.07, 6.45) is 3.82. The Morgan fingerprint density at radius 3 is 2.94 bits per heavy atom. The van der Waals surface area contributed by atoms with Gasteiger partial charge in [0.25, 0.3) is 0 Å². The summed E-state index contributed by atoms with van der Waals surface area (Å²) in [4.78, 5) is 37.1. The molecule has 160 valence electrons. The largest absolute Gasteiger partial charge is 0.391 e. The number of benzene rings is 1. The molecule has 31 heavy (non-hydrogen) atoms. The molecule has 3 heterocycles. The average Bonchev–Trinajstić information content (AvgIpc) is 3.24. The lowest BCUT2D eigenvalue weighted by Crippen LogP contribution is -2.47. The topological polar surface area (TPSA) is 111 Å². The van der Waals surface area contributed by atoms with Crippen LogP contribution in [0, 0.1) is 0 Å². The minimum Gasteiger partial charge on any atom is -0.391 e. The van der Waals surface area contributed by atoms with Gasteiger partial charge in [0.05, 0.1) is 13.2 Å². The molecule has 10 nitrogen and oxygen atoms in total. The molecule has 1 atom stereocenters. The molecule has 1 N–H and O–H groups in total. The number of fused-ring (bicyclic) bond motifs is 1. The molecule has 0 bridgehead atoms. The second-order valence-corrected chi connectivity index (χ2v) is 6.92. The number of carbonyl (C=O) groups is 2. The number of hydrogen-bond acceptors (Lipinski definition) is 7. The molecule has 4 rings (SSSR count). The van der Waals surface area contributed by atoms with E-state index in [9.17, 15) is 9.59 Å². The van der Waals surface area contributed by atoms with Crippen molar-refractivity contribution < 1.29 is 19.2 Å². The number of hydrogen-bond donors (Lipinski definition) is 1. The molecule has 1 fully saturated rings. The molecule has 2 amide bonds. The molecule has 1 saturated heterocycles. The third-order valence-corrected chi connectivity index (χ3v) is 4.70. The van der Waals surface area contributed by atoms with Gasteiger partial charge >= 0.3 is 0 Å². The van der Waals surface area contributed by atoms with Crippen LogP contribution in [0.15, 0.2) is 60.8 Å². The van der Waals surface area contributed by atoms with Crippen LogP contribution in [0.4, 0.5) is 0 Å². The van der Waals surface area contributed by atoms with Crippen LogP contribution >= 0.6 is 0 Å². The number of ether oxygens (including phenoxy) is 1. The van der Waals surface area contributed by atoms with Gasteiger partial charge in [-0.25, -0.2) is 4.98 Å². The Morgan fingerprint density at radius 2 is 2.06 bits per heavy atom. The zero-order valence-electron chi connectivity index (χ0n) is 16.8. The maximum absolute atomic E-state index is 12.5. The van der Waals surface area contributed by atoms with Gasteiger partial charge in [0.15, 0.2) is 0 Å². The van der Waals surface area contributed by atoms with Crippen LogP contribution in [0.3, 0.4) is 0 Å². The van der Waals surface area contributed by atoms with E-state index in [2.05, 4.69) is 20.6 Å². The van der Waals surface area contributed by atoms with Crippen LogP contribution < -0.4 is 10.2 Å². The van der Waals surface area contributed by atoms with Crippen molar-refractivity contribution in [1.82, 2.24) is 30.4 Å². The molecule has 3 aromatic rings. The van der Waals surface area contributed by atoms with E-state index in [1.165, 1.54) is 17.0 Å². The molecule has 1 aliphatic rings. The van der Waals surface area contributed by atoms with E-state index in [1.807, 2.05) is 30.3 Å². The highest BCUT2D eigenvalue weighted by Crippen LogP contribution is 2.08. The summed E-state index contributed by atoms with van der Waals surface area (Å²) in [6, 6.07) is 13.1. The van der Waals surface area contributed by atoms with Crippen LogP contribution in [0.5, 0.6) is 0 Å². The van der Waals surface area contributed by atoms with Crippen molar-refractivity contribution >= 4 is 23.0 Å². The molecular weight excluding hydrogens is 400 g/mol. The molecule has 0 saturated carbocycles. The van der Waals surface area contributed by atoms with Gasteiger partial charge in [-0.15, -0.1) is 5.10 Å². The van der Waals surface area contributed by atoms with E-state index >= 15 is 0 Å². The number of pyridine rings is 1. The summed E-state index contributed by atoms with van der Waals surface area (Å²) in [7, 11) is 0. The zero-order valence-corrected chi connectivity index (χ0v) is 16.8. The fourth-order valence-corrected chi connectivity index (χ4v) is 3.10. The number of morpholine rings is 1. The van der Waals surface area contributed by atoms with E-state index in [0.717, 1.165) is 5.56 Å². The second-order valence-electron chi connectivity index (χ2n) is 6.92. The molecule has 1 aliphatic heterocycles. The highest BCUT2D eigenvalue weighted by molar-refractivity contribution is 5.96. The van der Waals surface area contributed by atoms with E-state index in [1.54, 1.807) is 23.2 Å². The van der Waals surface area contributed by atoms with Gasteiger partial charge in [-0.2, -0.15) is 0 Å². The van der Waals surface area contributed by atoms with Crippen LogP contribution in [0.1, 0.15) is 5.56 Å². The van der Waals surface area contributed by atoms with Crippen molar-refractivity contribution in [3.05, 3.63) is 66.4 Å². The number of aromatic nitrogens is 4. The highest BCUT2D eigenvalue weighted by atomic mass is 16.7. The summed E-state index contributed by atoms with van der Waals surface area (Å²) in [5.74, 6) is -0.577. The summed E-state index contributed by atoms with van der Waals surface area (Å²) in [6.45, 7) is 1.75. The fourth-order valence-electron chi connectivity index (χ4n) is 3.10. The van der Waals surface area contributed by atoms with Crippen molar-refractivity contribution in [1.29, 1.82) is 0 Å². The van der Waals surface area contributed by atoms with Crippen LogP contribution in [-0.2, 0) is 20.9 Å². The molecule has 0 aliphatic carbocycles. The van der Waals surface area contributed by atoms with Crippen molar-refractivity contribution in [3.63, 3.8) is 0 Å². The van der Waals surface area contributed by atoms with Gasteiger partial charge in [-0.3, -0.25) is 9.59 Å². The van der Waals surface area contributed by atoms with E-state index in [4.69, 9.17) is 9.57 Å². The molecule has 2 aromatic heterocycles. The predicted molar refractivity (Wildman–Crippen MR) is 111 cm³/mol. The van der Waals surface area contributed by atoms with Crippen LogP contribution in [0.2, 0.25) is 0 Å². The monoisotopic (exact) mass is 422 g/mol. The van der Waals surface area contributed by atoms with E-state index in [-0.39, 0.29) is 24.5 Å². The summed E-state index contributed by atoms with van der Waals surface area (Å²) < 4.78 is 5.68. The first-order chi connectivity index (χ1) is 15.2. The Labute approximate surface area is 178 Å². The van der Waals surface area contributed by atoms with Crippen molar-refractivity contribution in [2.45, 2.75) is 12.6 Å². The highest BCUT2D eigenvalue weighted by Gasteiger charge is 2.24. The lowest BCUT2D eigenvalue weighted by molar-refractivity contribution is -0.136. The molecule has 10 heteroatoms. The number of rotatable bonds is 7. The number of nitrogens with zero attached hydrogens (tertiary/aromatic N) is 5. The Balaban J connectivity index is 1.25. The molecular formula is C21H22N6O4. The molecule has 1 aromatic carbocycles. The SMILES string of the molecule is O=C(/C=C/C(=O)N1CCOC(COn2nnc3cccnc32)C1)NCc1ccccc1.